The van der Waals surface area contributed by atoms with Gasteiger partial charge in [0.2, 0.25) is 15.9 Å². The molecule has 1 aromatic carbocycles. The van der Waals surface area contributed by atoms with Crippen LogP contribution in [0.15, 0.2) is 27.6 Å². The third-order valence-electron chi connectivity index (χ3n) is 2.55. The quantitative estimate of drug-likeness (QED) is 0.448. The molecule has 0 spiro atoms. The van der Waals surface area contributed by atoms with E-state index in [4.69, 9.17) is 10.5 Å². The maximum absolute atomic E-state index is 12.0. The number of anilines is 1. The molecule has 4 N–H and O–H groups in total. The molecule has 0 saturated carbocycles. The van der Waals surface area contributed by atoms with E-state index in [-0.39, 0.29) is 23.8 Å². The zero-order valence-electron chi connectivity index (χ0n) is 11.6. The van der Waals surface area contributed by atoms with Crippen molar-refractivity contribution in [1.29, 1.82) is 0 Å². The van der Waals surface area contributed by atoms with Gasteiger partial charge in [-0.3, -0.25) is 4.79 Å². The van der Waals surface area contributed by atoms with Crippen molar-refractivity contribution in [2.45, 2.75) is 11.3 Å². The molecule has 0 aliphatic heterocycles. The van der Waals surface area contributed by atoms with Crippen LogP contribution in [-0.4, -0.2) is 41.1 Å². The number of hydrogen-bond donors (Lipinski definition) is 3. The third-order valence-corrected chi connectivity index (χ3v) is 4.73. The zero-order chi connectivity index (χ0) is 15.9. The van der Waals surface area contributed by atoms with Gasteiger partial charge < -0.3 is 15.8 Å². The van der Waals surface area contributed by atoms with Gasteiger partial charge in [0.15, 0.2) is 0 Å². The van der Waals surface area contributed by atoms with Gasteiger partial charge in [0.25, 0.3) is 0 Å². The molecule has 0 heterocycles. The highest BCUT2D eigenvalue weighted by Gasteiger charge is 2.15. The minimum atomic E-state index is -3.68. The minimum Gasteiger partial charge on any atom is -0.398 e. The standard InChI is InChI=1S/C12H18BrN3O4S/c1-20-7-6-15-12(17)4-5-16-21(18,19)9-2-3-10(13)11(14)8-9/h2-3,8,16H,4-7,14H2,1H3,(H,15,17). The van der Waals surface area contributed by atoms with Crippen LogP contribution in [0.1, 0.15) is 6.42 Å². The zero-order valence-corrected chi connectivity index (χ0v) is 14.0. The molecule has 0 unspecified atom stereocenters. The number of carbonyl (C=O) groups excluding carboxylic acids is 1. The normalized spacial score (nSPS) is 11.3. The largest absolute Gasteiger partial charge is 0.398 e. The van der Waals surface area contributed by atoms with E-state index in [0.29, 0.717) is 23.3 Å². The summed E-state index contributed by atoms with van der Waals surface area (Å²) in [5.41, 5.74) is 5.98. The molecule has 0 atom stereocenters. The SMILES string of the molecule is COCCNC(=O)CCNS(=O)(=O)c1ccc(Br)c(N)c1. The lowest BCUT2D eigenvalue weighted by molar-refractivity contribution is -0.121. The highest BCUT2D eigenvalue weighted by Crippen LogP contribution is 2.22. The van der Waals surface area contributed by atoms with Crippen LogP contribution in [0.3, 0.4) is 0 Å². The first kappa shape index (κ1) is 17.9. The van der Waals surface area contributed by atoms with Crippen molar-refractivity contribution < 1.29 is 17.9 Å². The predicted octanol–water partition coefficient (Wildman–Crippen LogP) is 0.462. The summed E-state index contributed by atoms with van der Waals surface area (Å²) in [7, 11) is -2.14. The fraction of sp³-hybridized carbons (Fsp3) is 0.417. The molecular weight excluding hydrogens is 362 g/mol. The molecule has 9 heteroatoms. The lowest BCUT2D eigenvalue weighted by Gasteiger charge is -2.08. The number of carbonyl (C=O) groups is 1. The van der Waals surface area contributed by atoms with E-state index in [1.54, 1.807) is 6.07 Å². The molecule has 0 radical (unpaired) electrons. The van der Waals surface area contributed by atoms with Gasteiger partial charge in [-0.15, -0.1) is 0 Å². The van der Waals surface area contributed by atoms with Gasteiger partial charge in [0.05, 0.1) is 11.5 Å². The van der Waals surface area contributed by atoms with E-state index in [0.717, 1.165) is 0 Å². The fourth-order valence-corrected chi connectivity index (χ4v) is 2.77. The molecule has 1 aromatic rings. The summed E-state index contributed by atoms with van der Waals surface area (Å²) in [6, 6.07) is 4.34. The van der Waals surface area contributed by atoms with Crippen LogP contribution in [0.25, 0.3) is 0 Å². The Balaban J connectivity index is 2.50. The van der Waals surface area contributed by atoms with Crippen molar-refractivity contribution >= 4 is 37.5 Å². The lowest BCUT2D eigenvalue weighted by Crippen LogP contribution is -2.32. The van der Waals surface area contributed by atoms with Gasteiger partial charge in [-0.05, 0) is 34.1 Å². The minimum absolute atomic E-state index is 0.0110. The number of ether oxygens (including phenoxy) is 1. The Morgan fingerprint density at radius 2 is 2.10 bits per heavy atom. The molecule has 0 saturated heterocycles. The second kappa shape index (κ2) is 8.32. The van der Waals surface area contributed by atoms with Gasteiger partial charge in [0, 0.05) is 36.8 Å². The highest BCUT2D eigenvalue weighted by atomic mass is 79.9. The number of sulfonamides is 1. The van der Waals surface area contributed by atoms with Crippen molar-refractivity contribution in [2.24, 2.45) is 0 Å². The van der Waals surface area contributed by atoms with Crippen molar-refractivity contribution in [3.05, 3.63) is 22.7 Å². The second-order valence-electron chi connectivity index (χ2n) is 4.17. The molecule has 0 aliphatic rings. The smallest absolute Gasteiger partial charge is 0.240 e. The van der Waals surface area contributed by atoms with Crippen molar-refractivity contribution in [3.8, 4) is 0 Å². The molecule has 0 bridgehead atoms. The average molecular weight is 380 g/mol. The number of methoxy groups -OCH3 is 1. The first-order valence-corrected chi connectivity index (χ1v) is 8.45. The summed E-state index contributed by atoms with van der Waals surface area (Å²) < 4.78 is 31.8. The second-order valence-corrected chi connectivity index (χ2v) is 6.80. The number of amides is 1. The van der Waals surface area contributed by atoms with Crippen LogP contribution in [0, 0.1) is 0 Å². The van der Waals surface area contributed by atoms with Crippen LogP contribution < -0.4 is 15.8 Å². The molecular formula is C12H18BrN3O4S. The molecule has 21 heavy (non-hydrogen) atoms. The average Bonchev–Trinajstić information content (AvgIpc) is 2.42. The summed E-state index contributed by atoms with van der Waals surface area (Å²) in [4.78, 5) is 11.5. The molecule has 7 nitrogen and oxygen atoms in total. The molecule has 0 aromatic heterocycles. The summed E-state index contributed by atoms with van der Waals surface area (Å²) in [5.74, 6) is -0.245. The highest BCUT2D eigenvalue weighted by molar-refractivity contribution is 9.10. The van der Waals surface area contributed by atoms with Gasteiger partial charge in [-0.1, -0.05) is 0 Å². The molecule has 0 fully saturated rings. The number of hydrogen-bond acceptors (Lipinski definition) is 5. The Bertz CT molecular complexity index is 592. The number of halogens is 1. The number of rotatable bonds is 8. The van der Waals surface area contributed by atoms with Gasteiger partial charge in [-0.2, -0.15) is 0 Å². The summed E-state index contributed by atoms with van der Waals surface area (Å²) in [6.07, 6.45) is 0.0506. The Morgan fingerprint density at radius 3 is 2.71 bits per heavy atom. The summed E-state index contributed by atoms with van der Waals surface area (Å²) in [5, 5.41) is 2.60. The topological polar surface area (TPSA) is 111 Å². The Kier molecular flexibility index (Phi) is 7.09. The van der Waals surface area contributed by atoms with Gasteiger partial charge >= 0.3 is 0 Å². The summed E-state index contributed by atoms with van der Waals surface area (Å²) in [6.45, 7) is 0.818. The first-order chi connectivity index (χ1) is 9.86. The van der Waals surface area contributed by atoms with Gasteiger partial charge in [-0.25, -0.2) is 13.1 Å². The van der Waals surface area contributed by atoms with Crippen LogP contribution >= 0.6 is 15.9 Å². The Labute approximate surface area is 132 Å². The Hall–Kier alpha value is -1.16. The van der Waals surface area contributed by atoms with Crippen LogP contribution in [0.2, 0.25) is 0 Å². The first-order valence-electron chi connectivity index (χ1n) is 6.17. The van der Waals surface area contributed by atoms with Crippen LogP contribution in [0.5, 0.6) is 0 Å². The van der Waals surface area contributed by atoms with Gasteiger partial charge in [0.1, 0.15) is 0 Å². The van der Waals surface area contributed by atoms with Crippen molar-refractivity contribution in [1.82, 2.24) is 10.0 Å². The lowest BCUT2D eigenvalue weighted by atomic mass is 10.3. The number of benzene rings is 1. The van der Waals surface area contributed by atoms with Crippen molar-refractivity contribution in [2.75, 3.05) is 32.5 Å². The maximum Gasteiger partial charge on any atom is 0.240 e. The van der Waals surface area contributed by atoms with Crippen LogP contribution in [-0.2, 0) is 19.6 Å². The molecule has 0 aliphatic carbocycles. The Morgan fingerprint density at radius 1 is 1.38 bits per heavy atom. The van der Waals surface area contributed by atoms with Crippen LogP contribution in [0.4, 0.5) is 5.69 Å². The molecule has 1 rings (SSSR count). The maximum atomic E-state index is 12.0. The summed E-state index contributed by atoms with van der Waals surface area (Å²) >= 11 is 3.19. The predicted molar refractivity (Wildman–Crippen MR) is 83.2 cm³/mol. The molecule has 118 valence electrons. The van der Waals surface area contributed by atoms with E-state index in [1.165, 1.54) is 19.2 Å². The number of nitrogens with one attached hydrogen (secondary N) is 2. The van der Waals surface area contributed by atoms with E-state index in [9.17, 15) is 13.2 Å². The van der Waals surface area contributed by atoms with E-state index in [2.05, 4.69) is 26.0 Å². The molecule has 1 amide bonds. The van der Waals surface area contributed by atoms with E-state index >= 15 is 0 Å². The van der Waals surface area contributed by atoms with E-state index in [1.807, 2.05) is 0 Å². The monoisotopic (exact) mass is 379 g/mol. The van der Waals surface area contributed by atoms with Crippen molar-refractivity contribution in [3.63, 3.8) is 0 Å². The number of nitrogens with two attached hydrogens (primary N) is 1. The van der Waals surface area contributed by atoms with E-state index < -0.39 is 10.0 Å². The third kappa shape index (κ3) is 6.00. The number of nitrogen functional groups attached to an aromatic ring is 1. The fourth-order valence-electron chi connectivity index (χ4n) is 1.45.